The van der Waals surface area contributed by atoms with Crippen LogP contribution in [0.5, 0.6) is 0 Å². The smallest absolute Gasteiger partial charge is 0.115 e. The second kappa shape index (κ2) is 4.27. The van der Waals surface area contributed by atoms with Crippen LogP contribution in [0.15, 0.2) is 54.6 Å². The first-order valence-electron chi connectivity index (χ1n) is 7.93. The monoisotopic (exact) mass is 310 g/mol. The molecule has 0 saturated heterocycles. The molecule has 2 radical (unpaired) electrons. The predicted octanol–water partition coefficient (Wildman–Crippen LogP) is 5.15. The van der Waals surface area contributed by atoms with E-state index in [1.54, 1.807) is 0 Å². The lowest BCUT2D eigenvalue weighted by Crippen LogP contribution is -2.14. The molecule has 4 aromatic rings. The Balaban J connectivity index is 2.02. The van der Waals surface area contributed by atoms with Gasteiger partial charge < -0.3 is 0 Å². The Morgan fingerprint density at radius 3 is 2.43 bits per heavy atom. The quantitative estimate of drug-likeness (QED) is 0.394. The Bertz CT molecular complexity index is 1100. The zero-order valence-corrected chi connectivity index (χ0v) is 14.0. The molecule has 2 heteroatoms. The molecule has 0 N–H and O–H groups in total. The van der Waals surface area contributed by atoms with Gasteiger partial charge in [-0.2, -0.15) is 0 Å². The van der Waals surface area contributed by atoms with Crippen molar-refractivity contribution >= 4 is 44.8 Å². The summed E-state index contributed by atoms with van der Waals surface area (Å²) in [4.78, 5) is 0. The van der Waals surface area contributed by atoms with Crippen LogP contribution in [0.1, 0.15) is 25.0 Å². The van der Waals surface area contributed by atoms with Crippen molar-refractivity contribution < 1.29 is 0 Å². The number of benzene rings is 3. The van der Waals surface area contributed by atoms with Crippen molar-refractivity contribution in [2.24, 2.45) is 0 Å². The number of fused-ring (bicyclic) bond motifs is 7. The summed E-state index contributed by atoms with van der Waals surface area (Å²) < 4.78 is 2.58. The summed E-state index contributed by atoms with van der Waals surface area (Å²) >= 11 is 1.83. The van der Waals surface area contributed by atoms with Gasteiger partial charge in [0.2, 0.25) is 0 Å². The van der Waals surface area contributed by atoms with Crippen molar-refractivity contribution in [2.75, 3.05) is 0 Å². The summed E-state index contributed by atoms with van der Waals surface area (Å²) in [5, 5.41) is 2.60. The number of hydrogen-bond donors (Lipinski definition) is 0. The van der Waals surface area contributed by atoms with Crippen molar-refractivity contribution in [3.8, 4) is 11.1 Å². The third kappa shape index (κ3) is 1.57. The van der Waals surface area contributed by atoms with Gasteiger partial charge in [0.25, 0.3) is 0 Å². The molecule has 108 valence electrons. The van der Waals surface area contributed by atoms with Gasteiger partial charge in [-0.1, -0.05) is 73.9 Å². The van der Waals surface area contributed by atoms with E-state index in [2.05, 4.69) is 62.4 Å². The van der Waals surface area contributed by atoms with Crippen LogP contribution in [0.4, 0.5) is 0 Å². The standard InChI is InChI=1S/C21H15BS/c1-21(2)15-8-4-3-6-14(15)18-16(21)11-10-13-12-7-5-9-17(22)19(12)23-20(13)18/h3-11H,1-2H3. The lowest BCUT2D eigenvalue weighted by atomic mass is 9.82. The highest BCUT2D eigenvalue weighted by atomic mass is 32.1. The maximum Gasteiger partial charge on any atom is 0.115 e. The molecule has 1 heterocycles. The Morgan fingerprint density at radius 1 is 0.783 bits per heavy atom. The fraction of sp³-hybridized carbons (Fsp3) is 0.143. The zero-order valence-electron chi connectivity index (χ0n) is 13.2. The Kier molecular flexibility index (Phi) is 2.49. The first-order valence-corrected chi connectivity index (χ1v) is 8.75. The summed E-state index contributed by atoms with van der Waals surface area (Å²) in [5.74, 6) is 0. The molecule has 1 aliphatic carbocycles. The number of hydrogen-bond acceptors (Lipinski definition) is 1. The third-order valence-corrected chi connectivity index (χ3v) is 6.53. The van der Waals surface area contributed by atoms with E-state index in [1.807, 2.05) is 17.4 Å². The Hall–Kier alpha value is -2.06. The van der Waals surface area contributed by atoms with Gasteiger partial charge in [-0.25, -0.2) is 0 Å². The van der Waals surface area contributed by atoms with Crippen LogP contribution >= 0.6 is 11.3 Å². The molecule has 5 rings (SSSR count). The van der Waals surface area contributed by atoms with E-state index < -0.39 is 0 Å². The topological polar surface area (TPSA) is 0 Å². The zero-order chi connectivity index (χ0) is 15.8. The minimum atomic E-state index is 0.0574. The van der Waals surface area contributed by atoms with Gasteiger partial charge in [-0.05, 0) is 22.1 Å². The van der Waals surface area contributed by atoms with E-state index in [0.29, 0.717) is 0 Å². The number of rotatable bonds is 0. The molecular formula is C21H15BS. The van der Waals surface area contributed by atoms with Gasteiger partial charge in [0, 0.05) is 25.8 Å². The van der Waals surface area contributed by atoms with Gasteiger partial charge in [0.05, 0.1) is 0 Å². The molecule has 0 bridgehead atoms. The molecule has 0 saturated carbocycles. The van der Waals surface area contributed by atoms with Gasteiger partial charge in [-0.3, -0.25) is 0 Å². The highest BCUT2D eigenvalue weighted by molar-refractivity contribution is 7.27. The van der Waals surface area contributed by atoms with Crippen molar-refractivity contribution in [1.82, 2.24) is 0 Å². The molecule has 1 aromatic heterocycles. The van der Waals surface area contributed by atoms with E-state index in [4.69, 9.17) is 7.85 Å². The highest BCUT2D eigenvalue weighted by Gasteiger charge is 2.36. The molecular weight excluding hydrogens is 295 g/mol. The fourth-order valence-electron chi connectivity index (χ4n) is 4.06. The molecule has 0 aliphatic heterocycles. The molecule has 0 nitrogen and oxygen atoms in total. The second-order valence-electron chi connectivity index (χ2n) is 6.86. The first kappa shape index (κ1) is 13.4. The second-order valence-corrected chi connectivity index (χ2v) is 7.88. The summed E-state index contributed by atoms with van der Waals surface area (Å²) in [6.45, 7) is 4.65. The summed E-state index contributed by atoms with van der Waals surface area (Å²) in [7, 11) is 6.22. The molecule has 1 aliphatic rings. The fourth-order valence-corrected chi connectivity index (χ4v) is 5.35. The van der Waals surface area contributed by atoms with Crippen LogP contribution in [0.3, 0.4) is 0 Å². The highest BCUT2D eigenvalue weighted by Crippen LogP contribution is 2.53. The molecule has 0 amide bonds. The summed E-state index contributed by atoms with van der Waals surface area (Å²) in [6, 6.07) is 19.6. The van der Waals surface area contributed by atoms with E-state index in [0.717, 1.165) is 5.46 Å². The van der Waals surface area contributed by atoms with Crippen LogP contribution in [-0.4, -0.2) is 7.85 Å². The molecule has 0 spiro atoms. The normalized spacial score (nSPS) is 15.0. The lowest BCUT2D eigenvalue weighted by Gasteiger charge is -2.21. The predicted molar refractivity (Wildman–Crippen MR) is 102 cm³/mol. The van der Waals surface area contributed by atoms with Crippen LogP contribution in [-0.2, 0) is 5.41 Å². The molecule has 23 heavy (non-hydrogen) atoms. The van der Waals surface area contributed by atoms with Crippen molar-refractivity contribution in [3.05, 3.63) is 65.7 Å². The van der Waals surface area contributed by atoms with E-state index >= 15 is 0 Å². The minimum absolute atomic E-state index is 0.0574. The first-order chi connectivity index (χ1) is 11.1. The van der Waals surface area contributed by atoms with Gasteiger partial charge in [-0.15, -0.1) is 11.3 Å². The van der Waals surface area contributed by atoms with Crippen LogP contribution < -0.4 is 5.46 Å². The average Bonchev–Trinajstić information content (AvgIpc) is 3.04. The summed E-state index contributed by atoms with van der Waals surface area (Å²) in [6.07, 6.45) is 0. The maximum absolute atomic E-state index is 6.22. The molecule has 0 atom stereocenters. The van der Waals surface area contributed by atoms with Gasteiger partial charge in [0.1, 0.15) is 7.85 Å². The van der Waals surface area contributed by atoms with Crippen molar-refractivity contribution in [3.63, 3.8) is 0 Å². The van der Waals surface area contributed by atoms with Crippen LogP contribution in [0.2, 0.25) is 0 Å². The van der Waals surface area contributed by atoms with E-state index in [-0.39, 0.29) is 5.41 Å². The Labute approximate surface area is 141 Å². The van der Waals surface area contributed by atoms with E-state index in [9.17, 15) is 0 Å². The molecule has 0 fully saturated rings. The van der Waals surface area contributed by atoms with E-state index in [1.165, 1.54) is 42.4 Å². The minimum Gasteiger partial charge on any atom is -0.135 e. The van der Waals surface area contributed by atoms with Gasteiger partial charge >= 0.3 is 0 Å². The van der Waals surface area contributed by atoms with Crippen LogP contribution in [0, 0.1) is 0 Å². The van der Waals surface area contributed by atoms with Gasteiger partial charge in [0.15, 0.2) is 0 Å². The largest absolute Gasteiger partial charge is 0.135 e. The third-order valence-electron chi connectivity index (χ3n) is 5.24. The van der Waals surface area contributed by atoms with Crippen molar-refractivity contribution in [1.29, 1.82) is 0 Å². The average molecular weight is 310 g/mol. The Morgan fingerprint density at radius 2 is 1.57 bits per heavy atom. The van der Waals surface area contributed by atoms with Crippen molar-refractivity contribution in [2.45, 2.75) is 19.3 Å². The lowest BCUT2D eigenvalue weighted by molar-refractivity contribution is 0.661. The SMILES string of the molecule is [B]c1cccc2c1sc1c3c(ccc12)C(C)(C)c1ccccc1-3. The molecule has 3 aromatic carbocycles. The maximum atomic E-state index is 6.22. The molecule has 0 unspecified atom stereocenters. The summed E-state index contributed by atoms with van der Waals surface area (Å²) in [5.41, 5.74) is 6.57. The number of thiophene rings is 1. The van der Waals surface area contributed by atoms with Crippen LogP contribution in [0.25, 0.3) is 31.3 Å².